The maximum atomic E-state index is 12.6. The number of ether oxygens (including phenoxy) is 1. The largest absolute Gasteiger partial charge is 0.376 e. The van der Waals surface area contributed by atoms with Crippen LogP contribution in [0.2, 0.25) is 0 Å². The van der Waals surface area contributed by atoms with Crippen LogP contribution < -0.4 is 10.9 Å². The first-order valence-corrected chi connectivity index (χ1v) is 10.2. The number of nitrogens with zero attached hydrogens (tertiary/aromatic N) is 1. The fraction of sp³-hybridized carbons (Fsp3) is 0.524. The number of thiocarbonyl (C=S) groups is 1. The van der Waals surface area contributed by atoms with E-state index in [2.05, 4.69) is 35.1 Å². The lowest BCUT2D eigenvalue weighted by atomic mass is 10.1. The van der Waals surface area contributed by atoms with Crippen LogP contribution in [0.5, 0.6) is 0 Å². The third-order valence-electron chi connectivity index (χ3n) is 4.98. The van der Waals surface area contributed by atoms with Crippen molar-refractivity contribution in [2.45, 2.75) is 52.2 Å². The second kappa shape index (κ2) is 9.33. The van der Waals surface area contributed by atoms with Gasteiger partial charge in [0.1, 0.15) is 0 Å². The average Bonchev–Trinajstić information content (AvgIpc) is 3.15. The first-order valence-electron chi connectivity index (χ1n) is 9.83. The predicted molar refractivity (Wildman–Crippen MR) is 114 cm³/mol. The number of H-pyrrole nitrogens is 1. The maximum Gasteiger partial charge on any atom is 0.253 e. The molecule has 1 saturated heterocycles. The van der Waals surface area contributed by atoms with Gasteiger partial charge in [-0.15, -0.1) is 0 Å². The molecule has 0 bridgehead atoms. The molecular weight excluding hydrogens is 358 g/mol. The number of rotatable bonds is 7. The highest BCUT2D eigenvalue weighted by molar-refractivity contribution is 7.80. The molecule has 0 unspecified atom stereocenters. The summed E-state index contributed by atoms with van der Waals surface area (Å²) in [6.07, 6.45) is 4.50. The molecule has 6 heteroatoms. The van der Waals surface area contributed by atoms with E-state index in [1.807, 2.05) is 18.2 Å². The van der Waals surface area contributed by atoms with Crippen LogP contribution in [0, 0.1) is 6.92 Å². The van der Waals surface area contributed by atoms with Crippen LogP contribution in [-0.4, -0.2) is 40.8 Å². The summed E-state index contributed by atoms with van der Waals surface area (Å²) < 4.78 is 5.80. The Morgan fingerprint density at radius 1 is 1.41 bits per heavy atom. The van der Waals surface area contributed by atoms with E-state index < -0.39 is 0 Å². The van der Waals surface area contributed by atoms with E-state index in [1.165, 1.54) is 5.56 Å². The van der Waals surface area contributed by atoms with Gasteiger partial charge in [0.15, 0.2) is 5.11 Å². The van der Waals surface area contributed by atoms with Crippen LogP contribution in [0.25, 0.3) is 10.9 Å². The first-order chi connectivity index (χ1) is 13.1. The van der Waals surface area contributed by atoms with Crippen LogP contribution in [0.15, 0.2) is 29.1 Å². The Balaban J connectivity index is 1.81. The van der Waals surface area contributed by atoms with Gasteiger partial charge in [0.05, 0.1) is 12.6 Å². The summed E-state index contributed by atoms with van der Waals surface area (Å²) in [6, 6.07) is 8.04. The monoisotopic (exact) mass is 387 g/mol. The summed E-state index contributed by atoms with van der Waals surface area (Å²) in [7, 11) is 0. The van der Waals surface area contributed by atoms with Gasteiger partial charge in [-0.05, 0) is 62.0 Å². The zero-order chi connectivity index (χ0) is 19.2. The molecular formula is C21H29N3O2S. The standard InChI is InChI=1S/C21H29N3O2S/c1-3-4-9-22-21(27)24(14-18-6-5-10-26-18)13-17-12-16-11-15(2)7-8-19(16)23-20(17)25/h7-8,11-12,18H,3-6,9-10,13-14H2,1-2H3,(H,22,27)(H,23,25)/t18-/m0/s1. The van der Waals surface area contributed by atoms with E-state index >= 15 is 0 Å². The summed E-state index contributed by atoms with van der Waals surface area (Å²) >= 11 is 5.63. The van der Waals surface area contributed by atoms with E-state index in [4.69, 9.17) is 17.0 Å². The van der Waals surface area contributed by atoms with Crippen molar-refractivity contribution < 1.29 is 4.74 Å². The maximum absolute atomic E-state index is 12.6. The molecule has 27 heavy (non-hydrogen) atoms. The third-order valence-corrected chi connectivity index (χ3v) is 5.38. The van der Waals surface area contributed by atoms with Crippen molar-refractivity contribution in [3.8, 4) is 0 Å². The lowest BCUT2D eigenvalue weighted by Crippen LogP contribution is -2.44. The van der Waals surface area contributed by atoms with Gasteiger partial charge in [-0.25, -0.2) is 0 Å². The summed E-state index contributed by atoms with van der Waals surface area (Å²) in [6.45, 7) is 7.07. The van der Waals surface area contributed by atoms with Crippen molar-refractivity contribution in [2.24, 2.45) is 0 Å². The number of aromatic nitrogens is 1. The minimum atomic E-state index is -0.0555. The van der Waals surface area contributed by atoms with Gasteiger partial charge in [-0.1, -0.05) is 25.0 Å². The average molecular weight is 388 g/mol. The molecule has 5 nitrogen and oxygen atoms in total. The molecule has 0 spiro atoms. The summed E-state index contributed by atoms with van der Waals surface area (Å²) in [4.78, 5) is 17.7. The number of unbranched alkanes of at least 4 members (excludes halogenated alkanes) is 1. The Morgan fingerprint density at radius 3 is 3.00 bits per heavy atom. The normalized spacial score (nSPS) is 16.6. The van der Waals surface area contributed by atoms with Gasteiger partial charge in [-0.3, -0.25) is 4.79 Å². The van der Waals surface area contributed by atoms with Crippen LogP contribution in [0.4, 0.5) is 0 Å². The zero-order valence-electron chi connectivity index (χ0n) is 16.2. The molecule has 1 fully saturated rings. The number of hydrogen-bond donors (Lipinski definition) is 2. The second-order valence-corrected chi connectivity index (χ2v) is 7.70. The topological polar surface area (TPSA) is 57.4 Å². The van der Waals surface area contributed by atoms with Gasteiger partial charge in [0, 0.05) is 30.8 Å². The van der Waals surface area contributed by atoms with Gasteiger partial charge in [-0.2, -0.15) is 0 Å². The molecule has 1 aliphatic rings. The number of pyridine rings is 1. The van der Waals surface area contributed by atoms with E-state index in [1.54, 1.807) is 0 Å². The molecule has 1 atom stereocenters. The zero-order valence-corrected chi connectivity index (χ0v) is 17.0. The van der Waals surface area contributed by atoms with Gasteiger partial charge in [0.2, 0.25) is 0 Å². The SMILES string of the molecule is CCCCNC(=S)N(Cc1cc2cc(C)ccc2[nH]c1=O)C[C@@H]1CCCO1. The molecule has 1 aliphatic heterocycles. The molecule has 146 valence electrons. The molecule has 3 rings (SSSR count). The van der Waals surface area contributed by atoms with E-state index in [0.29, 0.717) is 18.2 Å². The quantitative estimate of drug-likeness (QED) is 0.563. The number of fused-ring (bicyclic) bond motifs is 1. The highest BCUT2D eigenvalue weighted by Gasteiger charge is 2.22. The fourth-order valence-electron chi connectivity index (χ4n) is 3.43. The Kier molecular flexibility index (Phi) is 6.85. The van der Waals surface area contributed by atoms with Crippen molar-refractivity contribution in [1.82, 2.24) is 15.2 Å². The highest BCUT2D eigenvalue weighted by atomic mass is 32.1. The Morgan fingerprint density at radius 2 is 2.26 bits per heavy atom. The molecule has 0 aliphatic carbocycles. The van der Waals surface area contributed by atoms with Crippen molar-refractivity contribution in [1.29, 1.82) is 0 Å². The fourth-order valence-corrected chi connectivity index (χ4v) is 3.67. The first kappa shape index (κ1) is 19.8. The van der Waals surface area contributed by atoms with Crippen molar-refractivity contribution in [3.63, 3.8) is 0 Å². The summed E-state index contributed by atoms with van der Waals surface area (Å²) in [5, 5.41) is 5.08. The van der Waals surface area contributed by atoms with E-state index in [0.717, 1.165) is 55.3 Å². The molecule has 0 radical (unpaired) electrons. The van der Waals surface area contributed by atoms with Crippen LogP contribution in [0.3, 0.4) is 0 Å². The minimum absolute atomic E-state index is 0.0555. The molecule has 2 N–H and O–H groups in total. The van der Waals surface area contributed by atoms with Gasteiger partial charge < -0.3 is 19.9 Å². The number of benzene rings is 1. The summed E-state index contributed by atoms with van der Waals surface area (Å²) in [5.74, 6) is 0. The minimum Gasteiger partial charge on any atom is -0.376 e. The van der Waals surface area contributed by atoms with E-state index in [9.17, 15) is 4.79 Å². The van der Waals surface area contributed by atoms with Gasteiger partial charge in [0.25, 0.3) is 5.56 Å². The lowest BCUT2D eigenvalue weighted by Gasteiger charge is -2.28. The molecule has 2 heterocycles. The Hall–Kier alpha value is -1.92. The van der Waals surface area contributed by atoms with Crippen LogP contribution in [-0.2, 0) is 11.3 Å². The number of aryl methyl sites for hydroxylation is 1. The number of aromatic amines is 1. The predicted octanol–water partition coefficient (Wildman–Crippen LogP) is 3.49. The lowest BCUT2D eigenvalue weighted by molar-refractivity contribution is 0.0897. The Labute approximate surface area is 166 Å². The molecule has 2 aromatic rings. The van der Waals surface area contributed by atoms with Crippen molar-refractivity contribution in [2.75, 3.05) is 19.7 Å². The molecule has 1 aromatic carbocycles. The molecule has 0 amide bonds. The smallest absolute Gasteiger partial charge is 0.253 e. The molecule has 0 saturated carbocycles. The Bertz CT molecular complexity index is 843. The van der Waals surface area contributed by atoms with Crippen LogP contribution in [0.1, 0.15) is 43.7 Å². The van der Waals surface area contributed by atoms with Crippen molar-refractivity contribution in [3.05, 3.63) is 45.7 Å². The summed E-state index contributed by atoms with van der Waals surface area (Å²) in [5.41, 5.74) is 2.71. The highest BCUT2D eigenvalue weighted by Crippen LogP contribution is 2.17. The van der Waals surface area contributed by atoms with Crippen LogP contribution >= 0.6 is 12.2 Å². The third kappa shape index (κ3) is 5.30. The number of hydrogen-bond acceptors (Lipinski definition) is 3. The van der Waals surface area contributed by atoms with Crippen molar-refractivity contribution >= 4 is 28.2 Å². The van der Waals surface area contributed by atoms with Gasteiger partial charge >= 0.3 is 0 Å². The van der Waals surface area contributed by atoms with E-state index in [-0.39, 0.29) is 11.7 Å². The number of nitrogens with one attached hydrogen (secondary N) is 2. The molecule has 1 aromatic heterocycles. The second-order valence-electron chi connectivity index (χ2n) is 7.32.